The number of allylic oxidation sites excluding steroid dienone is 2. The smallest absolute Gasteiger partial charge is 0.0412 e. The largest absolute Gasteiger partial charge is 0.0843 e. The quantitative estimate of drug-likeness (QED) is 0.467. The van der Waals surface area contributed by atoms with Gasteiger partial charge >= 0.3 is 0 Å². The fourth-order valence-corrected chi connectivity index (χ4v) is 3.85. The van der Waals surface area contributed by atoms with E-state index in [0.29, 0.717) is 0 Å². The molecule has 1 aliphatic carbocycles. The van der Waals surface area contributed by atoms with Crippen LogP contribution in [0.5, 0.6) is 0 Å². The van der Waals surface area contributed by atoms with Crippen LogP contribution in [0.15, 0.2) is 90.5 Å². The van der Waals surface area contributed by atoms with Gasteiger partial charge in [-0.05, 0) is 51.6 Å². The minimum absolute atomic E-state index is 0.0469. The second-order valence-electron chi connectivity index (χ2n) is 7.25. The third kappa shape index (κ3) is 3.02. The van der Waals surface area contributed by atoms with Crippen LogP contribution in [0.25, 0.3) is 11.6 Å². The topological polar surface area (TPSA) is 0 Å². The second-order valence-corrected chi connectivity index (χ2v) is 7.68. The molecule has 0 saturated heterocycles. The molecule has 0 heterocycles. The fraction of sp³-hybridized carbons (Fsp3) is 0.120. The number of rotatable bonds is 3. The van der Waals surface area contributed by atoms with Crippen molar-refractivity contribution in [1.29, 1.82) is 0 Å². The van der Waals surface area contributed by atoms with Crippen LogP contribution in [-0.4, -0.2) is 0 Å². The van der Waals surface area contributed by atoms with E-state index in [1.54, 1.807) is 0 Å². The molecule has 3 aromatic rings. The molecule has 0 radical (unpaired) electrons. The van der Waals surface area contributed by atoms with Crippen LogP contribution in [0.3, 0.4) is 0 Å². The van der Waals surface area contributed by atoms with Gasteiger partial charge < -0.3 is 0 Å². The van der Waals surface area contributed by atoms with Crippen LogP contribution in [0.1, 0.15) is 36.1 Å². The van der Waals surface area contributed by atoms with E-state index in [0.717, 1.165) is 5.02 Å². The Morgan fingerprint density at radius 2 is 1.38 bits per heavy atom. The lowest BCUT2D eigenvalue weighted by Gasteiger charge is -2.24. The first-order valence-corrected chi connectivity index (χ1v) is 9.28. The lowest BCUT2D eigenvalue weighted by molar-refractivity contribution is 0.655. The molecular weight excluding hydrogens is 336 g/mol. The summed E-state index contributed by atoms with van der Waals surface area (Å²) in [7, 11) is 0. The van der Waals surface area contributed by atoms with Crippen molar-refractivity contribution < 1.29 is 0 Å². The highest BCUT2D eigenvalue weighted by Gasteiger charge is 2.32. The summed E-state index contributed by atoms with van der Waals surface area (Å²) in [4.78, 5) is 0. The first kappa shape index (κ1) is 16.9. The van der Waals surface area contributed by atoms with Gasteiger partial charge in [0.1, 0.15) is 0 Å². The van der Waals surface area contributed by atoms with Crippen LogP contribution in [-0.2, 0) is 5.41 Å². The van der Waals surface area contributed by atoms with Crippen LogP contribution in [0.2, 0.25) is 5.02 Å². The molecule has 0 N–H and O–H groups in total. The molecule has 0 aromatic heterocycles. The normalized spacial score (nSPS) is 14.5. The van der Waals surface area contributed by atoms with Gasteiger partial charge in [-0.25, -0.2) is 0 Å². The van der Waals surface area contributed by atoms with E-state index < -0.39 is 0 Å². The standard InChI is InChI=1S/C25H21Cl/c1-25(2)21(15-20-16-22(26)13-14-24(20)25)17-23(18-9-5-3-6-10-18)19-11-7-4-8-12-19/h3-17H,1-2H3. The van der Waals surface area contributed by atoms with E-state index in [2.05, 4.69) is 98.8 Å². The van der Waals surface area contributed by atoms with Crippen LogP contribution >= 0.6 is 11.6 Å². The molecular formula is C25H21Cl. The molecule has 4 rings (SSSR count). The maximum atomic E-state index is 6.22. The number of halogens is 1. The number of hydrogen-bond donors (Lipinski definition) is 0. The van der Waals surface area contributed by atoms with E-state index in [1.807, 2.05) is 6.07 Å². The molecule has 128 valence electrons. The number of hydrogen-bond acceptors (Lipinski definition) is 0. The Morgan fingerprint density at radius 1 is 0.808 bits per heavy atom. The summed E-state index contributed by atoms with van der Waals surface area (Å²) in [5, 5.41) is 0.785. The van der Waals surface area contributed by atoms with Gasteiger partial charge in [0.25, 0.3) is 0 Å². The molecule has 0 nitrogen and oxygen atoms in total. The van der Waals surface area contributed by atoms with Gasteiger partial charge in [0.15, 0.2) is 0 Å². The zero-order valence-corrected chi connectivity index (χ0v) is 15.8. The summed E-state index contributed by atoms with van der Waals surface area (Å²) in [5.41, 5.74) is 7.49. The van der Waals surface area contributed by atoms with Gasteiger partial charge in [-0.2, -0.15) is 0 Å². The molecule has 26 heavy (non-hydrogen) atoms. The minimum Gasteiger partial charge on any atom is -0.0843 e. The Hall–Kier alpha value is -2.57. The monoisotopic (exact) mass is 356 g/mol. The second kappa shape index (κ2) is 6.63. The summed E-state index contributed by atoms with van der Waals surface area (Å²) in [6.45, 7) is 4.56. The van der Waals surface area contributed by atoms with Gasteiger partial charge in [0, 0.05) is 10.4 Å². The molecule has 1 heteroatoms. The average Bonchev–Trinajstić information content (AvgIpc) is 2.90. The molecule has 0 bridgehead atoms. The van der Waals surface area contributed by atoms with Gasteiger partial charge in [0.05, 0.1) is 0 Å². The van der Waals surface area contributed by atoms with Crippen LogP contribution < -0.4 is 0 Å². The summed E-state index contributed by atoms with van der Waals surface area (Å²) in [6, 6.07) is 27.4. The maximum absolute atomic E-state index is 6.22. The van der Waals surface area contributed by atoms with E-state index in [-0.39, 0.29) is 5.41 Å². The highest BCUT2D eigenvalue weighted by molar-refractivity contribution is 6.30. The van der Waals surface area contributed by atoms with Crippen molar-refractivity contribution in [2.75, 3.05) is 0 Å². The molecule has 0 atom stereocenters. The Bertz CT molecular complexity index is 951. The molecule has 1 aliphatic rings. The third-order valence-electron chi connectivity index (χ3n) is 5.19. The summed E-state index contributed by atoms with van der Waals surface area (Å²) < 4.78 is 0. The van der Waals surface area contributed by atoms with E-state index >= 15 is 0 Å². The first-order valence-electron chi connectivity index (χ1n) is 8.90. The van der Waals surface area contributed by atoms with Crippen LogP contribution in [0.4, 0.5) is 0 Å². The van der Waals surface area contributed by atoms with Crippen molar-refractivity contribution in [1.82, 2.24) is 0 Å². The molecule has 3 aromatic carbocycles. The SMILES string of the molecule is CC1(C)C(C=C(c2ccccc2)c2ccccc2)=Cc2cc(Cl)ccc21. The van der Waals surface area contributed by atoms with E-state index in [4.69, 9.17) is 11.6 Å². The van der Waals surface area contributed by atoms with E-state index in [1.165, 1.54) is 33.4 Å². The molecule has 0 spiro atoms. The number of benzene rings is 3. The van der Waals surface area contributed by atoms with E-state index in [9.17, 15) is 0 Å². The van der Waals surface area contributed by atoms with Gasteiger partial charge in [-0.3, -0.25) is 0 Å². The Morgan fingerprint density at radius 3 is 1.96 bits per heavy atom. The van der Waals surface area contributed by atoms with Gasteiger partial charge in [-0.15, -0.1) is 0 Å². The lowest BCUT2D eigenvalue weighted by atomic mass is 9.80. The predicted octanol–water partition coefficient (Wildman–Crippen LogP) is 7.15. The van der Waals surface area contributed by atoms with Crippen molar-refractivity contribution in [2.24, 2.45) is 0 Å². The maximum Gasteiger partial charge on any atom is 0.0412 e. The van der Waals surface area contributed by atoms with Gasteiger partial charge in [-0.1, -0.05) is 98.3 Å². The lowest BCUT2D eigenvalue weighted by Crippen LogP contribution is -2.16. The van der Waals surface area contributed by atoms with Crippen molar-refractivity contribution >= 4 is 23.3 Å². The zero-order chi connectivity index (χ0) is 18.1. The minimum atomic E-state index is -0.0469. The first-order chi connectivity index (χ1) is 12.6. The molecule has 0 unspecified atom stereocenters. The molecule has 0 fully saturated rings. The van der Waals surface area contributed by atoms with Crippen LogP contribution in [0, 0.1) is 0 Å². The summed E-state index contributed by atoms with van der Waals surface area (Å²) in [5.74, 6) is 0. The highest BCUT2D eigenvalue weighted by Crippen LogP contribution is 2.44. The van der Waals surface area contributed by atoms with Gasteiger partial charge in [0.2, 0.25) is 0 Å². The molecule has 0 aliphatic heterocycles. The predicted molar refractivity (Wildman–Crippen MR) is 112 cm³/mol. The summed E-state index contributed by atoms with van der Waals surface area (Å²) in [6.07, 6.45) is 4.60. The van der Waals surface area contributed by atoms with Crippen molar-refractivity contribution in [3.05, 3.63) is 118 Å². The zero-order valence-electron chi connectivity index (χ0n) is 15.0. The average molecular weight is 357 g/mol. The fourth-order valence-electron chi connectivity index (χ4n) is 3.67. The highest BCUT2D eigenvalue weighted by atomic mass is 35.5. The van der Waals surface area contributed by atoms with Crippen molar-refractivity contribution in [3.63, 3.8) is 0 Å². The van der Waals surface area contributed by atoms with Crippen molar-refractivity contribution in [3.8, 4) is 0 Å². The Labute approximate surface area is 160 Å². The van der Waals surface area contributed by atoms with Crippen molar-refractivity contribution in [2.45, 2.75) is 19.3 Å². The molecule has 0 amide bonds. The number of fused-ring (bicyclic) bond motifs is 1. The third-order valence-corrected chi connectivity index (χ3v) is 5.42. The summed E-state index contributed by atoms with van der Waals surface area (Å²) >= 11 is 6.22. The molecule has 0 saturated carbocycles. The Kier molecular flexibility index (Phi) is 4.30. The Balaban J connectivity index is 1.87.